The van der Waals surface area contributed by atoms with Crippen molar-refractivity contribution in [3.8, 4) is 0 Å². The second-order valence-corrected chi connectivity index (χ2v) is 7.13. The van der Waals surface area contributed by atoms with E-state index in [2.05, 4.69) is 39.8 Å². The molecule has 0 radical (unpaired) electrons. The molecule has 2 rings (SSSR count). The van der Waals surface area contributed by atoms with Gasteiger partial charge in [-0.2, -0.15) is 0 Å². The summed E-state index contributed by atoms with van der Waals surface area (Å²) in [6.45, 7) is 10.4. The fourth-order valence-electron chi connectivity index (χ4n) is 3.40. The van der Waals surface area contributed by atoms with Gasteiger partial charge in [-0.1, -0.05) is 52.4 Å². The molecule has 1 heterocycles. The summed E-state index contributed by atoms with van der Waals surface area (Å²) in [6.07, 6.45) is 9.56. The van der Waals surface area contributed by atoms with Crippen LogP contribution in [0.1, 0.15) is 76.3 Å². The number of hydrogen-bond donors (Lipinski definition) is 0. The van der Waals surface area contributed by atoms with Gasteiger partial charge >= 0.3 is 5.69 Å². The van der Waals surface area contributed by atoms with Crippen LogP contribution in [0, 0.1) is 13.8 Å². The van der Waals surface area contributed by atoms with Gasteiger partial charge in [-0.25, -0.2) is 4.79 Å². The highest BCUT2D eigenvalue weighted by Gasteiger charge is 2.14. The first kappa shape index (κ1) is 18.8. The third-order valence-electron chi connectivity index (χ3n) is 5.10. The van der Waals surface area contributed by atoms with Crippen molar-refractivity contribution in [3.63, 3.8) is 0 Å². The molecule has 0 aliphatic carbocycles. The van der Waals surface area contributed by atoms with Gasteiger partial charge in [-0.05, 0) is 49.9 Å². The molecular weight excluding hydrogens is 296 g/mol. The third-order valence-corrected chi connectivity index (χ3v) is 5.10. The van der Waals surface area contributed by atoms with Gasteiger partial charge in [0.25, 0.3) is 0 Å². The third kappa shape index (κ3) is 4.31. The molecular formula is C21H34N2O. The standard InChI is InChI=1S/C21H34N2O/c1-5-7-9-11-13-22-19-15-17(3)18(4)16-20(19)23(21(22)24)14-12-10-8-6-2/h15-16H,5-14H2,1-4H3. The number of nitrogens with zero attached hydrogens (tertiary/aromatic N) is 2. The number of unbranched alkanes of at least 4 members (excludes halogenated alkanes) is 6. The molecule has 1 aromatic heterocycles. The molecule has 0 aliphatic heterocycles. The van der Waals surface area contributed by atoms with E-state index in [4.69, 9.17) is 0 Å². The summed E-state index contributed by atoms with van der Waals surface area (Å²) in [5, 5.41) is 0. The Kier molecular flexibility index (Phi) is 7.14. The Morgan fingerprint density at radius 2 is 1.12 bits per heavy atom. The van der Waals surface area contributed by atoms with Crippen LogP contribution in [0.25, 0.3) is 11.0 Å². The van der Waals surface area contributed by atoms with Crippen LogP contribution in [0.15, 0.2) is 16.9 Å². The maximum Gasteiger partial charge on any atom is 0.329 e. The van der Waals surface area contributed by atoms with Crippen LogP contribution in [0.2, 0.25) is 0 Å². The Balaban J connectivity index is 2.31. The number of rotatable bonds is 10. The molecule has 0 fully saturated rings. The highest BCUT2D eigenvalue weighted by atomic mass is 16.1. The minimum atomic E-state index is 0.183. The summed E-state index contributed by atoms with van der Waals surface area (Å²) in [7, 11) is 0. The smallest absolute Gasteiger partial charge is 0.292 e. The number of imidazole rings is 1. The molecule has 0 saturated carbocycles. The van der Waals surface area contributed by atoms with Crippen LogP contribution in [-0.2, 0) is 13.1 Å². The van der Waals surface area contributed by atoms with Crippen LogP contribution in [-0.4, -0.2) is 9.13 Å². The van der Waals surface area contributed by atoms with Crippen molar-refractivity contribution >= 4 is 11.0 Å². The summed E-state index contributed by atoms with van der Waals surface area (Å²) >= 11 is 0. The predicted molar refractivity (Wildman–Crippen MR) is 104 cm³/mol. The lowest BCUT2D eigenvalue weighted by Crippen LogP contribution is -2.24. The summed E-state index contributed by atoms with van der Waals surface area (Å²) in [5.74, 6) is 0. The van der Waals surface area contributed by atoms with Crippen molar-refractivity contribution in [1.29, 1.82) is 0 Å². The summed E-state index contributed by atoms with van der Waals surface area (Å²) in [6, 6.07) is 4.41. The average molecular weight is 331 g/mol. The van der Waals surface area contributed by atoms with Crippen molar-refractivity contribution < 1.29 is 0 Å². The molecule has 0 aliphatic rings. The SMILES string of the molecule is CCCCCCn1c(=O)n(CCCCCC)c2cc(C)c(C)cc21. The van der Waals surface area contributed by atoms with Crippen LogP contribution in [0.4, 0.5) is 0 Å². The average Bonchev–Trinajstić information content (AvgIpc) is 2.80. The number of aryl methyl sites for hydroxylation is 4. The van der Waals surface area contributed by atoms with Crippen LogP contribution in [0.3, 0.4) is 0 Å². The van der Waals surface area contributed by atoms with E-state index < -0.39 is 0 Å². The second kappa shape index (κ2) is 9.10. The zero-order valence-electron chi connectivity index (χ0n) is 16.0. The zero-order chi connectivity index (χ0) is 17.5. The number of benzene rings is 1. The molecule has 0 amide bonds. The fraction of sp³-hybridized carbons (Fsp3) is 0.667. The van der Waals surface area contributed by atoms with E-state index >= 15 is 0 Å². The monoisotopic (exact) mass is 330 g/mol. The molecule has 3 heteroatoms. The largest absolute Gasteiger partial charge is 0.329 e. The van der Waals surface area contributed by atoms with Gasteiger partial charge in [0.2, 0.25) is 0 Å². The minimum absolute atomic E-state index is 0.183. The lowest BCUT2D eigenvalue weighted by atomic mass is 10.1. The number of fused-ring (bicyclic) bond motifs is 1. The quantitative estimate of drug-likeness (QED) is 0.522. The Hall–Kier alpha value is -1.51. The Morgan fingerprint density at radius 3 is 1.50 bits per heavy atom. The summed E-state index contributed by atoms with van der Waals surface area (Å²) < 4.78 is 4.02. The van der Waals surface area contributed by atoms with Gasteiger partial charge in [0.05, 0.1) is 11.0 Å². The van der Waals surface area contributed by atoms with Crippen molar-refractivity contribution in [1.82, 2.24) is 9.13 Å². The number of aromatic nitrogens is 2. The van der Waals surface area contributed by atoms with Gasteiger partial charge in [-0.15, -0.1) is 0 Å². The lowest BCUT2D eigenvalue weighted by molar-refractivity contribution is 0.542. The van der Waals surface area contributed by atoms with Crippen molar-refractivity contribution in [2.75, 3.05) is 0 Å². The van der Waals surface area contributed by atoms with Gasteiger partial charge < -0.3 is 0 Å². The van der Waals surface area contributed by atoms with Crippen molar-refractivity contribution in [2.45, 2.75) is 92.2 Å². The minimum Gasteiger partial charge on any atom is -0.292 e. The first-order valence-corrected chi connectivity index (χ1v) is 9.80. The van der Waals surface area contributed by atoms with E-state index in [0.29, 0.717) is 0 Å². The van der Waals surface area contributed by atoms with E-state index in [1.165, 1.54) is 49.7 Å². The molecule has 3 nitrogen and oxygen atoms in total. The normalized spacial score (nSPS) is 11.5. The van der Waals surface area contributed by atoms with E-state index in [1.807, 2.05) is 9.13 Å². The summed E-state index contributed by atoms with van der Waals surface area (Å²) in [4.78, 5) is 13.0. The molecule has 0 N–H and O–H groups in total. The Morgan fingerprint density at radius 1 is 0.708 bits per heavy atom. The van der Waals surface area contributed by atoms with Crippen molar-refractivity contribution in [3.05, 3.63) is 33.7 Å². The molecule has 1 aromatic carbocycles. The molecule has 0 unspecified atom stereocenters. The zero-order valence-corrected chi connectivity index (χ0v) is 16.0. The second-order valence-electron chi connectivity index (χ2n) is 7.13. The molecule has 0 bridgehead atoms. The molecule has 134 valence electrons. The van der Waals surface area contributed by atoms with Crippen LogP contribution >= 0.6 is 0 Å². The molecule has 0 spiro atoms. The van der Waals surface area contributed by atoms with E-state index in [9.17, 15) is 4.79 Å². The lowest BCUT2D eigenvalue weighted by Gasteiger charge is -2.05. The van der Waals surface area contributed by atoms with Gasteiger partial charge in [0.15, 0.2) is 0 Å². The van der Waals surface area contributed by atoms with Crippen LogP contribution < -0.4 is 5.69 Å². The van der Waals surface area contributed by atoms with Crippen LogP contribution in [0.5, 0.6) is 0 Å². The maximum absolute atomic E-state index is 13.0. The van der Waals surface area contributed by atoms with Gasteiger partial charge in [0.1, 0.15) is 0 Å². The van der Waals surface area contributed by atoms with Crippen molar-refractivity contribution in [2.24, 2.45) is 0 Å². The Labute approximate surface area is 146 Å². The highest BCUT2D eigenvalue weighted by Crippen LogP contribution is 2.20. The summed E-state index contributed by atoms with van der Waals surface area (Å²) in [5.41, 5.74) is 4.97. The predicted octanol–water partition coefficient (Wildman–Crippen LogP) is 5.58. The molecule has 0 atom stereocenters. The highest BCUT2D eigenvalue weighted by molar-refractivity contribution is 5.78. The fourth-order valence-corrected chi connectivity index (χ4v) is 3.40. The Bertz CT molecular complexity index is 651. The van der Waals surface area contributed by atoms with E-state index in [0.717, 1.165) is 37.0 Å². The number of hydrogen-bond acceptors (Lipinski definition) is 1. The van der Waals surface area contributed by atoms with Gasteiger partial charge in [-0.3, -0.25) is 9.13 Å². The van der Waals surface area contributed by atoms with E-state index in [-0.39, 0.29) is 5.69 Å². The molecule has 2 aromatic rings. The maximum atomic E-state index is 13.0. The molecule has 24 heavy (non-hydrogen) atoms. The topological polar surface area (TPSA) is 26.9 Å². The van der Waals surface area contributed by atoms with E-state index in [1.54, 1.807) is 0 Å². The first-order chi connectivity index (χ1) is 11.6. The van der Waals surface area contributed by atoms with Gasteiger partial charge in [0, 0.05) is 13.1 Å². The molecule has 0 saturated heterocycles. The first-order valence-electron chi connectivity index (χ1n) is 9.80.